The van der Waals surface area contributed by atoms with Gasteiger partial charge < -0.3 is 24.5 Å². The first-order valence-corrected chi connectivity index (χ1v) is 14.3. The van der Waals surface area contributed by atoms with Crippen LogP contribution in [-0.4, -0.2) is 65.2 Å². The third kappa shape index (κ3) is 5.00. The first-order valence-electron chi connectivity index (χ1n) is 14.3. The summed E-state index contributed by atoms with van der Waals surface area (Å²) in [5, 5.41) is 11.9. The highest BCUT2D eigenvalue weighted by Crippen LogP contribution is 2.41. The van der Waals surface area contributed by atoms with Crippen LogP contribution in [0.25, 0.3) is 10.8 Å². The number of aryl methyl sites for hydroxylation is 1. The van der Waals surface area contributed by atoms with Gasteiger partial charge in [-0.3, -0.25) is 4.79 Å². The zero-order chi connectivity index (χ0) is 26.9. The van der Waals surface area contributed by atoms with Gasteiger partial charge in [-0.1, -0.05) is 25.8 Å². The smallest absolute Gasteiger partial charge is 0.318 e. The fourth-order valence-corrected chi connectivity index (χ4v) is 6.02. The zero-order valence-corrected chi connectivity index (χ0v) is 22.6. The van der Waals surface area contributed by atoms with E-state index in [1.165, 1.54) is 12.5 Å². The molecular weight excluding hydrogens is 497 g/mol. The first-order chi connectivity index (χ1) is 19.0. The molecule has 2 aromatic carbocycles. The molecule has 4 heterocycles. The summed E-state index contributed by atoms with van der Waals surface area (Å²) in [7, 11) is 0. The molecule has 8 nitrogen and oxygen atoms in total. The van der Waals surface area contributed by atoms with Crippen LogP contribution in [0.1, 0.15) is 67.1 Å². The molecule has 3 aromatic rings. The van der Waals surface area contributed by atoms with E-state index in [9.17, 15) is 14.3 Å². The van der Waals surface area contributed by atoms with Crippen molar-refractivity contribution in [3.63, 3.8) is 0 Å². The van der Waals surface area contributed by atoms with Crippen LogP contribution >= 0.6 is 0 Å². The van der Waals surface area contributed by atoms with Crippen LogP contribution in [0.5, 0.6) is 11.8 Å². The van der Waals surface area contributed by atoms with Gasteiger partial charge in [-0.15, -0.1) is 0 Å². The normalized spacial score (nSPS) is 17.8. The van der Waals surface area contributed by atoms with E-state index < -0.39 is 0 Å². The van der Waals surface area contributed by atoms with Gasteiger partial charge >= 0.3 is 6.01 Å². The van der Waals surface area contributed by atoms with Crippen molar-refractivity contribution in [2.75, 3.05) is 49.1 Å². The van der Waals surface area contributed by atoms with Gasteiger partial charge in [-0.25, -0.2) is 4.39 Å². The molecular formula is C30H36FN5O3. The molecule has 0 radical (unpaired) electrons. The molecule has 1 amide bonds. The highest BCUT2D eigenvalue weighted by atomic mass is 19.1. The Bertz CT molecular complexity index is 1390. The quantitative estimate of drug-likeness (QED) is 0.406. The van der Waals surface area contributed by atoms with Crippen molar-refractivity contribution in [2.45, 2.75) is 58.4 Å². The number of halogens is 1. The van der Waals surface area contributed by atoms with Crippen molar-refractivity contribution >= 4 is 28.2 Å². The van der Waals surface area contributed by atoms with Crippen LogP contribution in [0.2, 0.25) is 0 Å². The van der Waals surface area contributed by atoms with Gasteiger partial charge in [0.1, 0.15) is 22.9 Å². The van der Waals surface area contributed by atoms with E-state index in [2.05, 4.69) is 9.80 Å². The number of anilines is 2. The summed E-state index contributed by atoms with van der Waals surface area (Å²) in [6, 6.07) is 6.53. The van der Waals surface area contributed by atoms with Gasteiger partial charge in [-0.2, -0.15) is 9.97 Å². The monoisotopic (exact) mass is 533 g/mol. The Morgan fingerprint density at radius 2 is 1.82 bits per heavy atom. The Morgan fingerprint density at radius 3 is 2.54 bits per heavy atom. The summed E-state index contributed by atoms with van der Waals surface area (Å²) in [5.74, 6) is 0.102. The van der Waals surface area contributed by atoms with E-state index in [1.807, 2.05) is 6.92 Å². The third-order valence-corrected chi connectivity index (χ3v) is 8.19. The van der Waals surface area contributed by atoms with E-state index in [1.54, 1.807) is 23.1 Å². The lowest BCUT2D eigenvalue weighted by Crippen LogP contribution is -2.38. The largest absolute Gasteiger partial charge is 0.508 e. The standard InChI is InChI=1S/C30H36FN5O3/c1-2-22-23(31)10-9-20-17-21(37)18-25(26(20)22)36-19-24-27(29(36)38)28(35-14-5-3-4-6-15-35)33-30(32-24)39-16-8-13-34-11-7-12-34/h9-10,17-18,37H,2-8,11-16,19H2,1H3. The molecule has 9 heteroatoms. The van der Waals surface area contributed by atoms with Crippen LogP contribution in [0.15, 0.2) is 24.3 Å². The zero-order valence-electron chi connectivity index (χ0n) is 22.6. The lowest BCUT2D eigenvalue weighted by Gasteiger charge is -2.30. The minimum atomic E-state index is -0.319. The number of fused-ring (bicyclic) bond motifs is 2. The molecule has 2 saturated heterocycles. The second-order valence-electron chi connectivity index (χ2n) is 10.8. The van der Waals surface area contributed by atoms with Crippen LogP contribution in [0.3, 0.4) is 0 Å². The second kappa shape index (κ2) is 11.0. The van der Waals surface area contributed by atoms with Gasteiger partial charge in [0.05, 0.1) is 24.5 Å². The molecule has 6 rings (SSSR count). The highest BCUT2D eigenvalue weighted by molar-refractivity contribution is 6.16. The molecule has 1 aromatic heterocycles. The summed E-state index contributed by atoms with van der Waals surface area (Å²) in [5.41, 5.74) is 2.10. The van der Waals surface area contributed by atoms with Crippen LogP contribution in [-0.2, 0) is 13.0 Å². The lowest BCUT2D eigenvalue weighted by atomic mass is 9.99. The predicted molar refractivity (Wildman–Crippen MR) is 149 cm³/mol. The molecule has 1 N–H and O–H groups in total. The molecule has 0 unspecified atom stereocenters. The number of hydrogen-bond donors (Lipinski definition) is 1. The minimum absolute atomic E-state index is 0.0277. The fraction of sp³-hybridized carbons (Fsp3) is 0.500. The Kier molecular flexibility index (Phi) is 7.25. The topological polar surface area (TPSA) is 82.0 Å². The summed E-state index contributed by atoms with van der Waals surface area (Å²) in [6.07, 6.45) is 7.02. The molecule has 206 valence electrons. The maximum Gasteiger partial charge on any atom is 0.318 e. The van der Waals surface area contributed by atoms with Crippen molar-refractivity contribution in [3.05, 3.63) is 46.9 Å². The van der Waals surface area contributed by atoms with Crippen molar-refractivity contribution in [1.29, 1.82) is 0 Å². The van der Waals surface area contributed by atoms with Crippen LogP contribution in [0.4, 0.5) is 15.9 Å². The maximum atomic E-state index is 14.9. The SMILES string of the molecule is CCc1c(F)ccc2cc(O)cc(N3Cc4nc(OCCCN5CCC5)nc(N5CCCCCC5)c4C3=O)c12. The molecule has 3 aliphatic heterocycles. The van der Waals surface area contributed by atoms with Gasteiger partial charge in [-0.05, 0) is 68.3 Å². The van der Waals surface area contributed by atoms with E-state index in [0.717, 1.165) is 64.8 Å². The number of hydrogen-bond acceptors (Lipinski definition) is 7. The van der Waals surface area contributed by atoms with Crippen molar-refractivity contribution < 1.29 is 19.0 Å². The van der Waals surface area contributed by atoms with Gasteiger partial charge in [0.2, 0.25) is 0 Å². The maximum absolute atomic E-state index is 14.9. The van der Waals surface area contributed by atoms with Gasteiger partial charge in [0, 0.05) is 31.1 Å². The first kappa shape index (κ1) is 25.8. The molecule has 3 aliphatic rings. The Morgan fingerprint density at radius 1 is 1.03 bits per heavy atom. The van der Waals surface area contributed by atoms with Crippen molar-refractivity contribution in [1.82, 2.24) is 14.9 Å². The molecule has 2 fully saturated rings. The molecule has 39 heavy (non-hydrogen) atoms. The number of phenolic OH excluding ortho intramolecular Hbond substituents is 1. The highest BCUT2D eigenvalue weighted by Gasteiger charge is 2.37. The summed E-state index contributed by atoms with van der Waals surface area (Å²) < 4.78 is 20.9. The number of rotatable bonds is 8. The van der Waals surface area contributed by atoms with E-state index in [0.29, 0.717) is 58.1 Å². The fourth-order valence-electron chi connectivity index (χ4n) is 6.02. The van der Waals surface area contributed by atoms with Gasteiger partial charge in [0.15, 0.2) is 0 Å². The van der Waals surface area contributed by atoms with Crippen LogP contribution in [0, 0.1) is 5.82 Å². The molecule has 0 atom stereocenters. The van der Waals surface area contributed by atoms with E-state index >= 15 is 0 Å². The number of ether oxygens (including phenoxy) is 1. The summed E-state index contributed by atoms with van der Waals surface area (Å²) in [6.45, 7) is 7.57. The number of benzene rings is 2. The number of phenols is 1. The molecule has 0 spiro atoms. The Labute approximate surface area is 228 Å². The average Bonchev–Trinajstić information content (AvgIpc) is 3.05. The number of amides is 1. The average molecular weight is 534 g/mol. The minimum Gasteiger partial charge on any atom is -0.508 e. The lowest BCUT2D eigenvalue weighted by molar-refractivity contribution is 0.0997. The van der Waals surface area contributed by atoms with Gasteiger partial charge in [0.25, 0.3) is 5.91 Å². The number of carbonyl (C=O) groups is 1. The third-order valence-electron chi connectivity index (χ3n) is 8.19. The van der Waals surface area contributed by atoms with Crippen LogP contribution < -0.4 is 14.5 Å². The Hall–Kier alpha value is -3.46. The number of aromatic hydroxyl groups is 1. The predicted octanol–water partition coefficient (Wildman–Crippen LogP) is 5.05. The Balaban J connectivity index is 1.37. The summed E-state index contributed by atoms with van der Waals surface area (Å²) in [4.78, 5) is 29.8. The number of aromatic nitrogens is 2. The van der Waals surface area contributed by atoms with Crippen molar-refractivity contribution in [2.24, 2.45) is 0 Å². The number of likely N-dealkylation sites (tertiary alicyclic amines) is 1. The molecule has 0 saturated carbocycles. The van der Waals surface area contributed by atoms with E-state index in [-0.39, 0.29) is 24.0 Å². The number of nitrogens with zero attached hydrogens (tertiary/aromatic N) is 5. The molecule has 0 bridgehead atoms. The second-order valence-corrected chi connectivity index (χ2v) is 10.8. The molecule has 0 aliphatic carbocycles. The summed E-state index contributed by atoms with van der Waals surface area (Å²) >= 11 is 0. The number of carbonyl (C=O) groups excluding carboxylic acids is 1. The van der Waals surface area contributed by atoms with Crippen molar-refractivity contribution in [3.8, 4) is 11.8 Å². The van der Waals surface area contributed by atoms with E-state index in [4.69, 9.17) is 14.7 Å².